The van der Waals surface area contributed by atoms with Gasteiger partial charge in [-0.2, -0.15) is 4.98 Å². The number of hydrogen-bond donors (Lipinski definition) is 1. The van der Waals surface area contributed by atoms with Crippen molar-refractivity contribution in [2.75, 3.05) is 6.54 Å². The Bertz CT molecular complexity index is 583. The lowest BCUT2D eigenvalue weighted by Crippen LogP contribution is -2.21. The minimum Gasteiger partial charge on any atom is -0.334 e. The normalized spacial score (nSPS) is 19.8. The van der Waals surface area contributed by atoms with Gasteiger partial charge in [-0.25, -0.2) is 0 Å². The van der Waals surface area contributed by atoms with Crippen molar-refractivity contribution in [3.8, 4) is 11.5 Å². The van der Waals surface area contributed by atoms with E-state index in [1.54, 1.807) is 0 Å². The van der Waals surface area contributed by atoms with Gasteiger partial charge in [-0.05, 0) is 56.5 Å². The summed E-state index contributed by atoms with van der Waals surface area (Å²) < 4.78 is 5.44. The fourth-order valence-electron chi connectivity index (χ4n) is 2.62. The third-order valence-electron chi connectivity index (χ3n) is 4.07. The topological polar surface area (TPSA) is 51.0 Å². The van der Waals surface area contributed by atoms with E-state index < -0.39 is 0 Å². The summed E-state index contributed by atoms with van der Waals surface area (Å²) in [7, 11) is 0. The zero-order valence-electron chi connectivity index (χ0n) is 12.1. The molecule has 1 aliphatic rings. The van der Waals surface area contributed by atoms with Crippen molar-refractivity contribution in [2.45, 2.75) is 45.6 Å². The first-order valence-electron chi connectivity index (χ1n) is 7.38. The zero-order valence-corrected chi connectivity index (χ0v) is 12.1. The fraction of sp³-hybridized carbons (Fsp3) is 0.500. The number of rotatable bonds is 2. The van der Waals surface area contributed by atoms with E-state index in [9.17, 15) is 0 Å². The van der Waals surface area contributed by atoms with Gasteiger partial charge in [0.2, 0.25) is 0 Å². The van der Waals surface area contributed by atoms with Crippen molar-refractivity contribution in [3.05, 3.63) is 35.2 Å². The largest absolute Gasteiger partial charge is 0.334 e. The summed E-state index contributed by atoms with van der Waals surface area (Å²) in [6.45, 7) is 5.24. The summed E-state index contributed by atoms with van der Waals surface area (Å²) >= 11 is 0. The van der Waals surface area contributed by atoms with Crippen LogP contribution in [-0.4, -0.2) is 16.7 Å². The van der Waals surface area contributed by atoms with Crippen LogP contribution in [0, 0.1) is 13.8 Å². The van der Waals surface area contributed by atoms with E-state index in [1.807, 2.05) is 6.07 Å². The molecule has 0 saturated carbocycles. The maximum Gasteiger partial charge on any atom is 0.257 e. The molecule has 1 aromatic carbocycles. The lowest BCUT2D eigenvalue weighted by molar-refractivity contribution is 0.402. The second-order valence-electron chi connectivity index (χ2n) is 5.61. The molecular weight excluding hydrogens is 250 g/mol. The van der Waals surface area contributed by atoms with Gasteiger partial charge in [0.1, 0.15) is 0 Å². The van der Waals surface area contributed by atoms with Gasteiger partial charge in [-0.15, -0.1) is 0 Å². The van der Waals surface area contributed by atoms with Gasteiger partial charge < -0.3 is 9.84 Å². The van der Waals surface area contributed by atoms with Crippen LogP contribution in [0.1, 0.15) is 48.7 Å². The van der Waals surface area contributed by atoms with Gasteiger partial charge in [0.25, 0.3) is 5.89 Å². The molecule has 2 heterocycles. The zero-order chi connectivity index (χ0) is 13.9. The Balaban J connectivity index is 1.83. The highest BCUT2D eigenvalue weighted by atomic mass is 16.5. The number of benzene rings is 1. The van der Waals surface area contributed by atoms with Crippen LogP contribution in [0.3, 0.4) is 0 Å². The predicted octanol–water partition coefficient (Wildman–Crippen LogP) is 3.56. The Labute approximate surface area is 119 Å². The van der Waals surface area contributed by atoms with Crippen LogP contribution in [0.25, 0.3) is 11.5 Å². The van der Waals surface area contributed by atoms with E-state index in [0.29, 0.717) is 5.89 Å². The maximum atomic E-state index is 5.44. The highest BCUT2D eigenvalue weighted by Gasteiger charge is 2.20. The molecule has 4 nitrogen and oxygen atoms in total. The van der Waals surface area contributed by atoms with Gasteiger partial charge in [-0.1, -0.05) is 24.1 Å². The Kier molecular flexibility index (Phi) is 3.83. The minimum absolute atomic E-state index is 0.238. The van der Waals surface area contributed by atoms with Crippen LogP contribution in [0.5, 0.6) is 0 Å². The Morgan fingerprint density at radius 3 is 2.90 bits per heavy atom. The van der Waals surface area contributed by atoms with Crippen molar-refractivity contribution >= 4 is 0 Å². The Morgan fingerprint density at radius 2 is 2.05 bits per heavy atom. The van der Waals surface area contributed by atoms with E-state index in [1.165, 1.54) is 30.4 Å². The van der Waals surface area contributed by atoms with Gasteiger partial charge in [0, 0.05) is 5.56 Å². The SMILES string of the molecule is Cc1ccc(-c2nc(C3CCCCCN3)no2)cc1C. The Hall–Kier alpha value is -1.68. The predicted molar refractivity (Wildman–Crippen MR) is 78.4 cm³/mol. The van der Waals surface area contributed by atoms with Gasteiger partial charge >= 0.3 is 0 Å². The van der Waals surface area contributed by atoms with Crippen molar-refractivity contribution < 1.29 is 4.52 Å². The van der Waals surface area contributed by atoms with Crippen molar-refractivity contribution in [1.29, 1.82) is 0 Å². The fourth-order valence-corrected chi connectivity index (χ4v) is 2.62. The summed E-state index contributed by atoms with van der Waals surface area (Å²) in [5.41, 5.74) is 3.52. The van der Waals surface area contributed by atoms with Crippen LogP contribution in [0.4, 0.5) is 0 Å². The maximum absolute atomic E-state index is 5.44. The molecule has 4 heteroatoms. The van der Waals surface area contributed by atoms with Gasteiger partial charge in [-0.3, -0.25) is 0 Å². The van der Waals surface area contributed by atoms with Crippen LogP contribution < -0.4 is 5.32 Å². The van der Waals surface area contributed by atoms with Crippen molar-refractivity contribution in [3.63, 3.8) is 0 Å². The molecule has 106 valence electrons. The molecule has 1 saturated heterocycles. The minimum atomic E-state index is 0.238. The third kappa shape index (κ3) is 2.75. The van der Waals surface area contributed by atoms with Crippen molar-refractivity contribution in [1.82, 2.24) is 15.5 Å². The van der Waals surface area contributed by atoms with Gasteiger partial charge in [0.15, 0.2) is 5.82 Å². The standard InChI is InChI=1S/C16H21N3O/c1-11-7-8-13(10-12(11)2)16-18-15(19-20-16)14-6-4-3-5-9-17-14/h7-8,10,14,17H,3-6,9H2,1-2H3. The molecule has 3 rings (SSSR count). The second kappa shape index (κ2) is 5.75. The molecule has 1 aromatic heterocycles. The molecule has 1 atom stereocenters. The first kappa shape index (κ1) is 13.3. The highest BCUT2D eigenvalue weighted by Crippen LogP contribution is 2.25. The number of aromatic nitrogens is 2. The van der Waals surface area contributed by atoms with Crippen molar-refractivity contribution in [2.24, 2.45) is 0 Å². The lowest BCUT2D eigenvalue weighted by Gasteiger charge is -2.09. The molecule has 0 bridgehead atoms. The molecule has 1 N–H and O–H groups in total. The average Bonchev–Trinajstić information content (AvgIpc) is 2.78. The highest BCUT2D eigenvalue weighted by molar-refractivity contribution is 5.55. The smallest absolute Gasteiger partial charge is 0.257 e. The lowest BCUT2D eigenvalue weighted by atomic mass is 10.1. The molecule has 0 aliphatic carbocycles. The Morgan fingerprint density at radius 1 is 1.15 bits per heavy atom. The number of nitrogens with one attached hydrogen (secondary N) is 1. The number of nitrogens with zero attached hydrogens (tertiary/aromatic N) is 2. The van der Waals surface area contributed by atoms with Crippen LogP contribution >= 0.6 is 0 Å². The van der Waals surface area contributed by atoms with Gasteiger partial charge in [0.05, 0.1) is 6.04 Å². The van der Waals surface area contributed by atoms with E-state index in [0.717, 1.165) is 24.4 Å². The number of aryl methyl sites for hydroxylation is 2. The van der Waals surface area contributed by atoms with E-state index in [-0.39, 0.29) is 6.04 Å². The first-order valence-corrected chi connectivity index (χ1v) is 7.38. The summed E-state index contributed by atoms with van der Waals surface area (Å²) in [6.07, 6.45) is 4.83. The van der Waals surface area contributed by atoms with Crippen LogP contribution in [0.15, 0.2) is 22.7 Å². The first-order chi connectivity index (χ1) is 9.74. The molecular formula is C16H21N3O. The summed E-state index contributed by atoms with van der Waals surface area (Å²) in [6, 6.07) is 6.48. The molecule has 1 unspecified atom stereocenters. The third-order valence-corrected chi connectivity index (χ3v) is 4.07. The van der Waals surface area contributed by atoms with E-state index >= 15 is 0 Å². The average molecular weight is 271 g/mol. The van der Waals surface area contributed by atoms with E-state index in [2.05, 4.69) is 41.4 Å². The molecule has 1 fully saturated rings. The molecule has 0 radical (unpaired) electrons. The number of hydrogen-bond acceptors (Lipinski definition) is 4. The second-order valence-corrected chi connectivity index (χ2v) is 5.61. The van der Waals surface area contributed by atoms with Crippen LogP contribution in [0.2, 0.25) is 0 Å². The summed E-state index contributed by atoms with van der Waals surface area (Å²) in [4.78, 5) is 4.58. The summed E-state index contributed by atoms with van der Waals surface area (Å²) in [5.74, 6) is 1.41. The molecule has 20 heavy (non-hydrogen) atoms. The van der Waals surface area contributed by atoms with E-state index in [4.69, 9.17) is 4.52 Å². The molecule has 2 aromatic rings. The summed E-state index contributed by atoms with van der Waals surface area (Å²) in [5, 5.41) is 7.66. The quantitative estimate of drug-likeness (QED) is 0.907. The molecule has 0 spiro atoms. The molecule has 1 aliphatic heterocycles. The molecule has 0 amide bonds. The van der Waals surface area contributed by atoms with Crippen LogP contribution in [-0.2, 0) is 0 Å². The monoisotopic (exact) mass is 271 g/mol.